The van der Waals surface area contributed by atoms with Crippen LogP contribution in [-0.2, 0) is 9.47 Å². The zero-order valence-electron chi connectivity index (χ0n) is 14.8. The number of ether oxygens (including phenoxy) is 2. The molecule has 2 fully saturated rings. The largest absolute Gasteiger partial charge is 0.347 e. The smallest absolute Gasteiger partial charge is 0.274 e. The first-order chi connectivity index (χ1) is 12.7. The van der Waals surface area contributed by atoms with Crippen LogP contribution in [0.15, 0.2) is 36.7 Å². The highest BCUT2D eigenvalue weighted by Gasteiger charge is 2.41. The maximum atomic E-state index is 12.6. The van der Waals surface area contributed by atoms with Crippen LogP contribution in [-0.4, -0.2) is 52.9 Å². The molecule has 0 atom stereocenters. The number of carbonyl (C=O) groups excluding carboxylic acids is 1. The van der Waals surface area contributed by atoms with E-state index in [0.717, 1.165) is 11.3 Å². The Labute approximate surface area is 152 Å². The van der Waals surface area contributed by atoms with Crippen molar-refractivity contribution < 1.29 is 14.3 Å². The minimum absolute atomic E-state index is 0.104. The number of benzene rings is 1. The monoisotopic (exact) mass is 354 g/mol. The van der Waals surface area contributed by atoms with Crippen LogP contribution in [0.1, 0.15) is 28.9 Å². The first-order valence-electron chi connectivity index (χ1n) is 8.87. The second-order valence-corrected chi connectivity index (χ2v) is 6.63. The van der Waals surface area contributed by atoms with Crippen LogP contribution in [0.4, 0.5) is 11.5 Å². The summed E-state index contributed by atoms with van der Waals surface area (Å²) in [6.45, 7) is 4.49. The van der Waals surface area contributed by atoms with Crippen molar-refractivity contribution in [3.63, 3.8) is 0 Å². The van der Waals surface area contributed by atoms with Crippen molar-refractivity contribution in [2.45, 2.75) is 25.6 Å². The average molecular weight is 354 g/mol. The van der Waals surface area contributed by atoms with Crippen molar-refractivity contribution in [3.05, 3.63) is 47.9 Å². The van der Waals surface area contributed by atoms with E-state index >= 15 is 0 Å². The summed E-state index contributed by atoms with van der Waals surface area (Å²) in [7, 11) is 0. The number of aromatic nitrogens is 2. The van der Waals surface area contributed by atoms with Gasteiger partial charge < -0.3 is 19.7 Å². The lowest BCUT2D eigenvalue weighted by atomic mass is 10.0. The van der Waals surface area contributed by atoms with Gasteiger partial charge in [-0.25, -0.2) is 9.97 Å². The predicted molar refractivity (Wildman–Crippen MR) is 96.3 cm³/mol. The van der Waals surface area contributed by atoms with Gasteiger partial charge in [-0.3, -0.25) is 4.79 Å². The molecule has 1 amide bonds. The number of anilines is 2. The van der Waals surface area contributed by atoms with Gasteiger partial charge in [-0.2, -0.15) is 0 Å². The summed E-state index contributed by atoms with van der Waals surface area (Å²) in [4.78, 5) is 23.1. The highest BCUT2D eigenvalue weighted by Crippen LogP contribution is 2.31. The third-order valence-corrected chi connectivity index (χ3v) is 4.90. The molecule has 136 valence electrons. The summed E-state index contributed by atoms with van der Waals surface area (Å²) in [6.07, 6.45) is 4.50. The van der Waals surface area contributed by atoms with E-state index in [1.807, 2.05) is 31.2 Å². The molecule has 2 aliphatic heterocycles. The minimum atomic E-state index is -0.482. The van der Waals surface area contributed by atoms with Crippen LogP contribution in [0.5, 0.6) is 0 Å². The van der Waals surface area contributed by atoms with Gasteiger partial charge in [0.05, 0.1) is 25.6 Å². The molecule has 7 nitrogen and oxygen atoms in total. The molecule has 4 rings (SSSR count). The number of amides is 1. The summed E-state index contributed by atoms with van der Waals surface area (Å²) in [5.74, 6) is 0.0260. The zero-order valence-corrected chi connectivity index (χ0v) is 14.8. The number of hydrogen-bond acceptors (Lipinski definition) is 6. The summed E-state index contributed by atoms with van der Waals surface area (Å²) in [5, 5.41) is 3.22. The van der Waals surface area contributed by atoms with E-state index in [9.17, 15) is 4.79 Å². The quantitative estimate of drug-likeness (QED) is 0.913. The molecule has 2 aromatic rings. The van der Waals surface area contributed by atoms with Crippen molar-refractivity contribution in [2.75, 3.05) is 31.6 Å². The average Bonchev–Trinajstić information content (AvgIpc) is 3.12. The topological polar surface area (TPSA) is 76.6 Å². The molecule has 3 heterocycles. The van der Waals surface area contributed by atoms with E-state index in [-0.39, 0.29) is 5.91 Å². The van der Waals surface area contributed by atoms with Gasteiger partial charge in [-0.1, -0.05) is 18.2 Å². The fourth-order valence-electron chi connectivity index (χ4n) is 3.35. The number of carbonyl (C=O) groups is 1. The Kier molecular flexibility index (Phi) is 4.57. The van der Waals surface area contributed by atoms with Crippen LogP contribution in [0.2, 0.25) is 0 Å². The summed E-state index contributed by atoms with van der Waals surface area (Å²) >= 11 is 0. The first kappa shape index (κ1) is 16.9. The molecule has 1 N–H and O–H groups in total. The summed E-state index contributed by atoms with van der Waals surface area (Å²) in [6, 6.07) is 7.95. The Morgan fingerprint density at radius 1 is 1.12 bits per heavy atom. The van der Waals surface area contributed by atoms with E-state index < -0.39 is 5.79 Å². The fraction of sp³-hybridized carbons (Fsp3) is 0.421. The highest BCUT2D eigenvalue weighted by molar-refractivity contribution is 5.92. The van der Waals surface area contributed by atoms with Gasteiger partial charge in [-0.05, 0) is 18.6 Å². The maximum Gasteiger partial charge on any atom is 0.274 e. The second-order valence-electron chi connectivity index (χ2n) is 6.63. The summed E-state index contributed by atoms with van der Waals surface area (Å²) < 4.78 is 11.4. The standard InChI is InChI=1S/C19H22N4O3/c1-14-4-2-3-5-15(14)22-17-13-20-16(12-21-17)18(24)23-8-6-19(7-9-23)25-10-11-26-19/h2-5,12-13H,6-11H2,1H3,(H,21,22). The molecule has 1 spiro atoms. The molecule has 1 aromatic carbocycles. The lowest BCUT2D eigenvalue weighted by Gasteiger charge is -2.37. The Morgan fingerprint density at radius 2 is 1.85 bits per heavy atom. The molecule has 7 heteroatoms. The van der Waals surface area contributed by atoms with Gasteiger partial charge in [-0.15, -0.1) is 0 Å². The Hall–Kier alpha value is -2.51. The minimum Gasteiger partial charge on any atom is -0.347 e. The molecule has 1 aromatic heterocycles. The van der Waals surface area contributed by atoms with Crippen LogP contribution < -0.4 is 5.32 Å². The number of likely N-dealkylation sites (tertiary alicyclic amines) is 1. The number of rotatable bonds is 3. The molecular weight excluding hydrogens is 332 g/mol. The van der Waals surface area contributed by atoms with Crippen LogP contribution >= 0.6 is 0 Å². The Morgan fingerprint density at radius 3 is 2.50 bits per heavy atom. The van der Waals surface area contributed by atoms with Crippen molar-refractivity contribution in [1.82, 2.24) is 14.9 Å². The molecule has 0 unspecified atom stereocenters. The Bertz CT molecular complexity index is 778. The third kappa shape index (κ3) is 3.40. The van der Waals surface area contributed by atoms with Crippen molar-refractivity contribution in [2.24, 2.45) is 0 Å². The Balaban J connectivity index is 1.39. The number of hydrogen-bond donors (Lipinski definition) is 1. The molecule has 2 aliphatic rings. The number of nitrogens with zero attached hydrogens (tertiary/aromatic N) is 3. The molecule has 0 aliphatic carbocycles. The number of nitrogens with one attached hydrogen (secondary N) is 1. The molecule has 26 heavy (non-hydrogen) atoms. The van der Waals surface area contributed by atoms with Crippen molar-refractivity contribution >= 4 is 17.4 Å². The van der Waals surface area contributed by atoms with Gasteiger partial charge in [0.1, 0.15) is 11.5 Å². The molecule has 0 saturated carbocycles. The van der Waals surface area contributed by atoms with Crippen LogP contribution in [0, 0.1) is 6.92 Å². The van der Waals surface area contributed by atoms with E-state index in [2.05, 4.69) is 15.3 Å². The lowest BCUT2D eigenvalue weighted by Crippen LogP contribution is -2.47. The van der Waals surface area contributed by atoms with Crippen molar-refractivity contribution in [3.8, 4) is 0 Å². The van der Waals surface area contributed by atoms with E-state index in [4.69, 9.17) is 9.47 Å². The normalized spacial score (nSPS) is 18.9. The predicted octanol–water partition coefficient (Wildman–Crippen LogP) is 2.51. The van der Waals surface area contributed by atoms with Gasteiger partial charge in [0.2, 0.25) is 0 Å². The lowest BCUT2D eigenvalue weighted by molar-refractivity contribution is -0.181. The van der Waals surface area contributed by atoms with Crippen LogP contribution in [0.25, 0.3) is 0 Å². The zero-order chi connectivity index (χ0) is 18.0. The molecular formula is C19H22N4O3. The maximum absolute atomic E-state index is 12.6. The molecule has 0 radical (unpaired) electrons. The number of aryl methyl sites for hydroxylation is 1. The number of piperidine rings is 1. The van der Waals surface area contributed by atoms with Gasteiger partial charge in [0.25, 0.3) is 5.91 Å². The third-order valence-electron chi connectivity index (χ3n) is 4.90. The van der Waals surface area contributed by atoms with Gasteiger partial charge in [0, 0.05) is 31.6 Å². The first-order valence-corrected chi connectivity index (χ1v) is 8.87. The molecule has 0 bridgehead atoms. The van der Waals surface area contributed by atoms with Gasteiger partial charge >= 0.3 is 0 Å². The van der Waals surface area contributed by atoms with Gasteiger partial charge in [0.15, 0.2) is 5.79 Å². The van der Waals surface area contributed by atoms with Crippen LogP contribution in [0.3, 0.4) is 0 Å². The second kappa shape index (κ2) is 7.01. The fourth-order valence-corrected chi connectivity index (χ4v) is 3.35. The SMILES string of the molecule is Cc1ccccc1Nc1cnc(C(=O)N2CCC3(CC2)OCCO3)cn1. The number of para-hydroxylation sites is 1. The van der Waals surface area contributed by atoms with Crippen molar-refractivity contribution in [1.29, 1.82) is 0 Å². The molecule has 2 saturated heterocycles. The van der Waals surface area contributed by atoms with E-state index in [1.165, 1.54) is 6.20 Å². The van der Waals surface area contributed by atoms with E-state index in [0.29, 0.717) is 50.7 Å². The summed E-state index contributed by atoms with van der Waals surface area (Å²) in [5.41, 5.74) is 2.44. The highest BCUT2D eigenvalue weighted by atomic mass is 16.7. The van der Waals surface area contributed by atoms with E-state index in [1.54, 1.807) is 11.1 Å².